The van der Waals surface area contributed by atoms with Gasteiger partial charge in [-0.3, -0.25) is 0 Å². The second-order valence-corrected chi connectivity index (χ2v) is 7.43. The molecule has 0 radical (unpaired) electrons. The lowest BCUT2D eigenvalue weighted by atomic mass is 9.90. The van der Waals surface area contributed by atoms with Gasteiger partial charge in [0.1, 0.15) is 0 Å². The molecular weight excluding hydrogens is 292 g/mol. The molecule has 0 saturated heterocycles. The Morgan fingerprint density at radius 2 is 0.958 bits per heavy atom. The Bertz CT molecular complexity index is 541. The van der Waals surface area contributed by atoms with Gasteiger partial charge in [-0.1, -0.05) is 73.5 Å². The molecule has 0 saturated carbocycles. The van der Waals surface area contributed by atoms with Gasteiger partial charge in [0.2, 0.25) is 0 Å². The second-order valence-electron chi connectivity index (χ2n) is 7.43. The van der Waals surface area contributed by atoms with Crippen molar-refractivity contribution in [3.63, 3.8) is 0 Å². The van der Waals surface area contributed by atoms with Crippen molar-refractivity contribution in [2.75, 3.05) is 0 Å². The number of aryl methyl sites for hydroxylation is 2. The number of aliphatic hydroxyl groups excluding tert-OH is 1. The van der Waals surface area contributed by atoms with E-state index in [1.165, 1.54) is 22.3 Å². The van der Waals surface area contributed by atoms with Crippen LogP contribution in [0.5, 0.6) is 0 Å². The van der Waals surface area contributed by atoms with E-state index in [1.807, 2.05) is 0 Å². The maximum Gasteiger partial charge on any atom is 0.0540 e. The average molecular weight is 325 g/mol. The Hall–Kier alpha value is -1.60. The molecule has 0 aliphatic heterocycles. The van der Waals surface area contributed by atoms with Crippen molar-refractivity contribution in [3.8, 4) is 0 Å². The first-order chi connectivity index (χ1) is 11.5. The molecular formula is C23H32O. The Morgan fingerprint density at radius 1 is 0.625 bits per heavy atom. The smallest absolute Gasteiger partial charge is 0.0540 e. The zero-order valence-corrected chi connectivity index (χ0v) is 15.6. The molecule has 2 aromatic rings. The largest absolute Gasteiger partial charge is 0.393 e. The molecule has 0 bridgehead atoms. The summed E-state index contributed by atoms with van der Waals surface area (Å²) < 4.78 is 0. The molecule has 0 fully saturated rings. The lowest BCUT2D eigenvalue weighted by Gasteiger charge is -2.18. The van der Waals surface area contributed by atoms with Crippen LogP contribution in [0.2, 0.25) is 0 Å². The van der Waals surface area contributed by atoms with Crippen molar-refractivity contribution in [2.45, 2.75) is 71.3 Å². The van der Waals surface area contributed by atoms with E-state index in [-0.39, 0.29) is 6.10 Å². The van der Waals surface area contributed by atoms with Crippen molar-refractivity contribution in [2.24, 2.45) is 0 Å². The molecule has 0 aromatic heterocycles. The van der Waals surface area contributed by atoms with Crippen LogP contribution in [-0.2, 0) is 0 Å². The van der Waals surface area contributed by atoms with Crippen LogP contribution in [-0.4, -0.2) is 11.2 Å². The summed E-state index contributed by atoms with van der Waals surface area (Å²) >= 11 is 0. The number of aliphatic hydroxyl groups is 1. The minimum Gasteiger partial charge on any atom is -0.393 e. The predicted molar refractivity (Wildman–Crippen MR) is 104 cm³/mol. The summed E-state index contributed by atoms with van der Waals surface area (Å²) in [6, 6.07) is 17.5. The molecule has 0 aliphatic rings. The van der Waals surface area contributed by atoms with Crippen molar-refractivity contribution in [1.82, 2.24) is 0 Å². The van der Waals surface area contributed by atoms with Gasteiger partial charge in [-0.05, 0) is 62.5 Å². The monoisotopic (exact) mass is 324 g/mol. The zero-order valence-electron chi connectivity index (χ0n) is 15.6. The molecule has 24 heavy (non-hydrogen) atoms. The molecule has 0 aliphatic carbocycles. The van der Waals surface area contributed by atoms with Crippen molar-refractivity contribution < 1.29 is 5.11 Å². The standard InChI is InChI=1S/C23H32O/c1-17-5-11-21(12-6-17)19(3)9-15-23(24)16-10-20(4)22-13-7-18(2)8-14-22/h5-8,11-14,19-20,23-24H,9-10,15-16H2,1-4H3/t19-,20-/m1/s1. The van der Waals surface area contributed by atoms with Gasteiger partial charge in [-0.15, -0.1) is 0 Å². The van der Waals surface area contributed by atoms with E-state index in [0.717, 1.165) is 25.7 Å². The third-order valence-corrected chi connectivity index (χ3v) is 5.16. The summed E-state index contributed by atoms with van der Waals surface area (Å²) in [6.07, 6.45) is 3.67. The predicted octanol–water partition coefficient (Wildman–Crippen LogP) is 6.13. The summed E-state index contributed by atoms with van der Waals surface area (Å²) in [5.74, 6) is 1.02. The van der Waals surface area contributed by atoms with Gasteiger partial charge < -0.3 is 5.11 Å². The topological polar surface area (TPSA) is 20.2 Å². The highest BCUT2D eigenvalue weighted by Crippen LogP contribution is 2.25. The molecule has 2 rings (SSSR count). The van der Waals surface area contributed by atoms with Gasteiger partial charge in [0.25, 0.3) is 0 Å². The summed E-state index contributed by atoms with van der Waals surface area (Å²) in [5.41, 5.74) is 5.36. The highest BCUT2D eigenvalue weighted by Gasteiger charge is 2.12. The van der Waals surface area contributed by atoms with Crippen LogP contribution in [0.3, 0.4) is 0 Å². The van der Waals surface area contributed by atoms with Gasteiger partial charge >= 0.3 is 0 Å². The van der Waals surface area contributed by atoms with Crippen LogP contribution < -0.4 is 0 Å². The zero-order chi connectivity index (χ0) is 17.5. The highest BCUT2D eigenvalue weighted by molar-refractivity contribution is 5.24. The Balaban J connectivity index is 1.73. The third-order valence-electron chi connectivity index (χ3n) is 5.16. The van der Waals surface area contributed by atoms with E-state index in [2.05, 4.69) is 76.2 Å². The van der Waals surface area contributed by atoms with Crippen LogP contribution in [0, 0.1) is 13.8 Å². The summed E-state index contributed by atoms with van der Waals surface area (Å²) in [4.78, 5) is 0. The molecule has 0 spiro atoms. The fourth-order valence-electron chi connectivity index (χ4n) is 3.15. The van der Waals surface area contributed by atoms with Crippen LogP contribution in [0.25, 0.3) is 0 Å². The average Bonchev–Trinajstić information content (AvgIpc) is 2.58. The highest BCUT2D eigenvalue weighted by atomic mass is 16.3. The minimum atomic E-state index is -0.189. The van der Waals surface area contributed by atoms with Crippen LogP contribution in [0.1, 0.15) is 73.6 Å². The van der Waals surface area contributed by atoms with Crippen LogP contribution in [0.4, 0.5) is 0 Å². The van der Waals surface area contributed by atoms with E-state index in [4.69, 9.17) is 0 Å². The molecule has 1 heteroatoms. The van der Waals surface area contributed by atoms with Gasteiger partial charge in [0.15, 0.2) is 0 Å². The van der Waals surface area contributed by atoms with Crippen LogP contribution in [0.15, 0.2) is 48.5 Å². The Labute approximate surface area is 147 Å². The molecule has 0 unspecified atom stereocenters. The third kappa shape index (κ3) is 5.79. The number of hydrogen-bond donors (Lipinski definition) is 1. The number of benzene rings is 2. The first kappa shape index (κ1) is 18.7. The quantitative estimate of drug-likeness (QED) is 0.619. The first-order valence-corrected chi connectivity index (χ1v) is 9.27. The molecule has 130 valence electrons. The van der Waals surface area contributed by atoms with Gasteiger partial charge in [0, 0.05) is 0 Å². The van der Waals surface area contributed by atoms with E-state index in [0.29, 0.717) is 11.8 Å². The molecule has 1 nitrogen and oxygen atoms in total. The Kier molecular flexibility index (Phi) is 7.05. The maximum absolute atomic E-state index is 10.3. The molecule has 1 N–H and O–H groups in total. The number of rotatable bonds is 8. The Morgan fingerprint density at radius 3 is 1.29 bits per heavy atom. The van der Waals surface area contributed by atoms with E-state index < -0.39 is 0 Å². The molecule has 0 amide bonds. The van der Waals surface area contributed by atoms with Gasteiger partial charge in [-0.25, -0.2) is 0 Å². The van der Waals surface area contributed by atoms with E-state index in [1.54, 1.807) is 0 Å². The lowest BCUT2D eigenvalue weighted by molar-refractivity contribution is 0.145. The maximum atomic E-state index is 10.3. The number of hydrogen-bond acceptors (Lipinski definition) is 1. The molecule has 2 aromatic carbocycles. The summed E-state index contributed by atoms with van der Waals surface area (Å²) in [5, 5.41) is 10.3. The van der Waals surface area contributed by atoms with E-state index in [9.17, 15) is 5.11 Å². The van der Waals surface area contributed by atoms with Crippen molar-refractivity contribution in [1.29, 1.82) is 0 Å². The van der Waals surface area contributed by atoms with E-state index >= 15 is 0 Å². The fraction of sp³-hybridized carbons (Fsp3) is 0.478. The summed E-state index contributed by atoms with van der Waals surface area (Å²) in [7, 11) is 0. The SMILES string of the molecule is Cc1ccc([C@H](C)CCC(O)CC[C@@H](C)c2ccc(C)cc2)cc1. The van der Waals surface area contributed by atoms with Crippen molar-refractivity contribution in [3.05, 3.63) is 70.8 Å². The molecule has 2 atom stereocenters. The van der Waals surface area contributed by atoms with Crippen molar-refractivity contribution >= 4 is 0 Å². The lowest BCUT2D eigenvalue weighted by Crippen LogP contribution is -2.10. The summed E-state index contributed by atoms with van der Waals surface area (Å²) in [6.45, 7) is 8.75. The normalized spacial score (nSPS) is 13.9. The van der Waals surface area contributed by atoms with Gasteiger partial charge in [0.05, 0.1) is 6.10 Å². The first-order valence-electron chi connectivity index (χ1n) is 9.27. The minimum absolute atomic E-state index is 0.189. The van der Waals surface area contributed by atoms with Crippen LogP contribution >= 0.6 is 0 Å². The fourth-order valence-corrected chi connectivity index (χ4v) is 3.15. The molecule has 0 heterocycles. The van der Waals surface area contributed by atoms with Gasteiger partial charge in [-0.2, -0.15) is 0 Å². The second kappa shape index (κ2) is 9.03.